The summed E-state index contributed by atoms with van der Waals surface area (Å²) >= 11 is 0. The number of methoxy groups -OCH3 is 1. The van der Waals surface area contributed by atoms with Crippen molar-refractivity contribution in [2.24, 2.45) is 0 Å². The maximum absolute atomic E-state index is 11.6. The minimum atomic E-state index is -0.394. The van der Waals surface area contributed by atoms with Gasteiger partial charge in [0.25, 0.3) is 0 Å². The minimum Gasteiger partial charge on any atom is -0.384 e. The molecule has 0 fully saturated rings. The topological polar surface area (TPSA) is 102 Å². The molecule has 18 heavy (non-hydrogen) atoms. The van der Waals surface area contributed by atoms with Crippen molar-refractivity contribution in [3.63, 3.8) is 0 Å². The van der Waals surface area contributed by atoms with E-state index in [9.17, 15) is 4.79 Å². The standard InChI is InChI=1S/C11H19N5O2/c1-4-13-11(17)7(2)14-9-5-8(12)15-10(16-9)6-18-3/h5,7H,4,6H2,1-3H3,(H,13,17)(H3,12,14,15,16). The van der Waals surface area contributed by atoms with Gasteiger partial charge in [-0.1, -0.05) is 0 Å². The fraction of sp³-hybridized carbons (Fsp3) is 0.545. The van der Waals surface area contributed by atoms with Gasteiger partial charge in [0.15, 0.2) is 5.82 Å². The van der Waals surface area contributed by atoms with Crippen molar-refractivity contribution in [1.82, 2.24) is 15.3 Å². The van der Waals surface area contributed by atoms with E-state index in [0.717, 1.165) is 0 Å². The highest BCUT2D eigenvalue weighted by atomic mass is 16.5. The van der Waals surface area contributed by atoms with E-state index in [4.69, 9.17) is 10.5 Å². The first-order chi connectivity index (χ1) is 8.56. The molecule has 1 aromatic rings. The zero-order valence-electron chi connectivity index (χ0n) is 10.9. The third-order valence-electron chi connectivity index (χ3n) is 2.17. The molecule has 100 valence electrons. The molecular weight excluding hydrogens is 234 g/mol. The van der Waals surface area contributed by atoms with Crippen molar-refractivity contribution in [3.05, 3.63) is 11.9 Å². The molecule has 1 atom stereocenters. The van der Waals surface area contributed by atoms with Crippen LogP contribution in [-0.4, -0.2) is 35.6 Å². The molecule has 0 aliphatic carbocycles. The van der Waals surface area contributed by atoms with E-state index >= 15 is 0 Å². The van der Waals surface area contributed by atoms with Crippen LogP contribution in [0.25, 0.3) is 0 Å². The second kappa shape index (κ2) is 6.75. The smallest absolute Gasteiger partial charge is 0.242 e. The molecule has 0 radical (unpaired) electrons. The summed E-state index contributed by atoms with van der Waals surface area (Å²) in [6.45, 7) is 4.48. The van der Waals surface area contributed by atoms with Gasteiger partial charge in [0, 0.05) is 19.7 Å². The van der Waals surface area contributed by atoms with E-state index in [-0.39, 0.29) is 12.5 Å². The normalized spacial score (nSPS) is 11.9. The highest BCUT2D eigenvalue weighted by molar-refractivity contribution is 5.83. The maximum Gasteiger partial charge on any atom is 0.242 e. The Balaban J connectivity index is 2.74. The van der Waals surface area contributed by atoms with Gasteiger partial charge in [0.05, 0.1) is 0 Å². The zero-order chi connectivity index (χ0) is 13.5. The molecule has 0 aliphatic heterocycles. The van der Waals surface area contributed by atoms with Gasteiger partial charge < -0.3 is 21.1 Å². The molecule has 7 heteroatoms. The van der Waals surface area contributed by atoms with Crippen LogP contribution in [0.5, 0.6) is 0 Å². The van der Waals surface area contributed by atoms with Crippen molar-refractivity contribution in [2.75, 3.05) is 24.7 Å². The van der Waals surface area contributed by atoms with Gasteiger partial charge in [0.1, 0.15) is 24.3 Å². The maximum atomic E-state index is 11.6. The molecule has 0 aromatic carbocycles. The highest BCUT2D eigenvalue weighted by Crippen LogP contribution is 2.10. The van der Waals surface area contributed by atoms with Gasteiger partial charge >= 0.3 is 0 Å². The average molecular weight is 253 g/mol. The van der Waals surface area contributed by atoms with E-state index in [0.29, 0.717) is 24.0 Å². The number of rotatable bonds is 6. The van der Waals surface area contributed by atoms with Crippen LogP contribution in [0, 0.1) is 0 Å². The molecule has 1 rings (SSSR count). The second-order valence-corrected chi connectivity index (χ2v) is 3.79. The molecular formula is C11H19N5O2. The van der Waals surface area contributed by atoms with Crippen LogP contribution in [0.3, 0.4) is 0 Å². The number of amides is 1. The molecule has 7 nitrogen and oxygen atoms in total. The summed E-state index contributed by atoms with van der Waals surface area (Å²) in [5, 5.41) is 5.69. The van der Waals surface area contributed by atoms with Gasteiger partial charge in [0.2, 0.25) is 5.91 Å². The van der Waals surface area contributed by atoms with Crippen LogP contribution in [0.2, 0.25) is 0 Å². The number of anilines is 2. The summed E-state index contributed by atoms with van der Waals surface area (Å²) in [5.41, 5.74) is 5.65. The summed E-state index contributed by atoms with van der Waals surface area (Å²) in [5.74, 6) is 1.22. The van der Waals surface area contributed by atoms with Crippen molar-refractivity contribution >= 4 is 17.5 Å². The number of ether oxygens (including phenoxy) is 1. The second-order valence-electron chi connectivity index (χ2n) is 3.79. The first-order valence-corrected chi connectivity index (χ1v) is 5.73. The van der Waals surface area contributed by atoms with Crippen LogP contribution >= 0.6 is 0 Å². The first kappa shape index (κ1) is 14.2. The third-order valence-corrected chi connectivity index (χ3v) is 2.17. The summed E-state index contributed by atoms with van der Waals surface area (Å²) in [6.07, 6.45) is 0. The lowest BCUT2D eigenvalue weighted by Gasteiger charge is -2.14. The number of hydrogen-bond acceptors (Lipinski definition) is 6. The molecule has 1 aromatic heterocycles. The lowest BCUT2D eigenvalue weighted by molar-refractivity contribution is -0.121. The van der Waals surface area contributed by atoms with Gasteiger partial charge in [-0.3, -0.25) is 4.79 Å². The predicted octanol–water partition coefficient (Wildman–Crippen LogP) is 0.142. The van der Waals surface area contributed by atoms with Gasteiger partial charge in [-0.25, -0.2) is 9.97 Å². The Bertz CT molecular complexity index is 410. The van der Waals surface area contributed by atoms with Crippen molar-refractivity contribution < 1.29 is 9.53 Å². The predicted molar refractivity (Wildman–Crippen MR) is 68.9 cm³/mol. The quantitative estimate of drug-likeness (QED) is 0.666. The van der Waals surface area contributed by atoms with E-state index in [2.05, 4.69) is 20.6 Å². The molecule has 0 saturated heterocycles. The van der Waals surface area contributed by atoms with Crippen LogP contribution in [-0.2, 0) is 16.1 Å². The van der Waals surface area contributed by atoms with E-state index < -0.39 is 6.04 Å². The Hall–Kier alpha value is -1.89. The summed E-state index contributed by atoms with van der Waals surface area (Å²) in [4.78, 5) is 19.8. The van der Waals surface area contributed by atoms with Gasteiger partial charge in [-0.2, -0.15) is 0 Å². The number of nitrogens with zero attached hydrogens (tertiary/aromatic N) is 2. The molecule has 0 saturated carbocycles. The zero-order valence-corrected chi connectivity index (χ0v) is 10.9. The van der Waals surface area contributed by atoms with Crippen LogP contribution < -0.4 is 16.4 Å². The van der Waals surface area contributed by atoms with Crippen molar-refractivity contribution in [1.29, 1.82) is 0 Å². The molecule has 0 aliphatic rings. The Morgan fingerprint density at radius 1 is 1.56 bits per heavy atom. The Morgan fingerprint density at radius 3 is 2.89 bits per heavy atom. The number of aromatic nitrogens is 2. The van der Waals surface area contributed by atoms with Crippen LogP contribution in [0.15, 0.2) is 6.07 Å². The molecule has 4 N–H and O–H groups in total. The Labute approximate surface area is 106 Å². The molecule has 0 spiro atoms. The monoisotopic (exact) mass is 253 g/mol. The van der Waals surface area contributed by atoms with E-state index in [1.807, 2.05) is 6.92 Å². The number of carbonyl (C=O) groups is 1. The summed E-state index contributed by atoms with van der Waals surface area (Å²) in [6, 6.07) is 1.18. The Kier molecular flexibility index (Phi) is 5.31. The largest absolute Gasteiger partial charge is 0.384 e. The summed E-state index contributed by atoms with van der Waals surface area (Å²) < 4.78 is 4.94. The Morgan fingerprint density at radius 2 is 2.28 bits per heavy atom. The highest BCUT2D eigenvalue weighted by Gasteiger charge is 2.12. The number of carbonyl (C=O) groups excluding carboxylic acids is 1. The van der Waals surface area contributed by atoms with Gasteiger partial charge in [-0.15, -0.1) is 0 Å². The first-order valence-electron chi connectivity index (χ1n) is 5.73. The van der Waals surface area contributed by atoms with E-state index in [1.54, 1.807) is 20.1 Å². The molecule has 0 bridgehead atoms. The number of nitrogens with one attached hydrogen (secondary N) is 2. The lowest BCUT2D eigenvalue weighted by Crippen LogP contribution is -2.37. The average Bonchev–Trinajstić information content (AvgIpc) is 2.28. The SMILES string of the molecule is CCNC(=O)C(C)Nc1cc(N)nc(COC)n1. The third kappa shape index (κ3) is 4.17. The number of nitrogens with two attached hydrogens (primary N) is 1. The van der Waals surface area contributed by atoms with E-state index in [1.165, 1.54) is 0 Å². The van der Waals surface area contributed by atoms with Crippen molar-refractivity contribution in [3.8, 4) is 0 Å². The van der Waals surface area contributed by atoms with Crippen LogP contribution in [0.1, 0.15) is 19.7 Å². The van der Waals surface area contributed by atoms with Crippen molar-refractivity contribution in [2.45, 2.75) is 26.5 Å². The number of nitrogen functional groups attached to an aromatic ring is 1. The van der Waals surface area contributed by atoms with Gasteiger partial charge in [-0.05, 0) is 13.8 Å². The molecule has 1 amide bonds. The fourth-order valence-corrected chi connectivity index (χ4v) is 1.40. The number of likely N-dealkylation sites (N-methyl/N-ethyl adjacent to an activating group) is 1. The molecule has 1 unspecified atom stereocenters. The number of hydrogen-bond donors (Lipinski definition) is 3. The van der Waals surface area contributed by atoms with Crippen LogP contribution in [0.4, 0.5) is 11.6 Å². The molecule has 1 heterocycles. The fourth-order valence-electron chi connectivity index (χ4n) is 1.40. The minimum absolute atomic E-state index is 0.0945. The lowest BCUT2D eigenvalue weighted by atomic mass is 10.3. The summed E-state index contributed by atoms with van der Waals surface area (Å²) in [7, 11) is 1.55.